The molecule has 1 aliphatic rings. The third-order valence-corrected chi connectivity index (χ3v) is 6.63. The van der Waals surface area contributed by atoms with Crippen LogP contribution < -0.4 is 16.0 Å². The predicted octanol–water partition coefficient (Wildman–Crippen LogP) is 4.08. The van der Waals surface area contributed by atoms with E-state index in [1.807, 2.05) is 61.6 Å². The smallest absolute Gasteiger partial charge is 0.247 e. The minimum Gasteiger partial charge on any atom is -0.461 e. The zero-order valence-electron chi connectivity index (χ0n) is 20.6. The van der Waals surface area contributed by atoms with Gasteiger partial charge >= 0.3 is 0 Å². The second kappa shape index (κ2) is 12.4. The number of carbonyl (C=O) groups excluding carboxylic acids is 2. The molecule has 1 aromatic heterocycles. The molecule has 2 heterocycles. The lowest BCUT2D eigenvalue weighted by molar-refractivity contribution is -0.136. The molecule has 0 bridgehead atoms. The molecule has 2 aromatic carbocycles. The molecule has 0 saturated carbocycles. The van der Waals surface area contributed by atoms with E-state index in [1.165, 1.54) is 0 Å². The number of nitriles is 1. The lowest BCUT2D eigenvalue weighted by atomic mass is 10.1. The van der Waals surface area contributed by atoms with Crippen LogP contribution in [0.1, 0.15) is 30.6 Å². The Morgan fingerprint density at radius 1 is 1.22 bits per heavy atom. The number of fused-ring (bicyclic) bond motifs is 1. The molecule has 4 rings (SSSR count). The van der Waals surface area contributed by atoms with Crippen LogP contribution in [0.2, 0.25) is 0 Å². The molecule has 192 valence electrons. The normalized spacial score (nSPS) is 16.2. The van der Waals surface area contributed by atoms with Crippen molar-refractivity contribution in [3.05, 3.63) is 64.3 Å². The summed E-state index contributed by atoms with van der Waals surface area (Å²) < 4.78 is 6.62. The number of benzene rings is 2. The topological polar surface area (TPSA) is 123 Å². The second-order valence-corrected chi connectivity index (χ2v) is 9.86. The number of hydrogen-bond donors (Lipinski definition) is 3. The van der Waals surface area contributed by atoms with Gasteiger partial charge in [-0.25, -0.2) is 4.99 Å². The summed E-state index contributed by atoms with van der Waals surface area (Å²) in [6.07, 6.45) is 4.71. The third kappa shape index (κ3) is 7.33. The van der Waals surface area contributed by atoms with Crippen molar-refractivity contribution in [2.45, 2.75) is 38.6 Å². The number of anilines is 1. The molecule has 1 fully saturated rings. The monoisotopic (exact) mass is 564 g/mol. The average Bonchev–Trinajstić information content (AvgIpc) is 3.16. The summed E-state index contributed by atoms with van der Waals surface area (Å²) in [6.45, 7) is 2.85. The average molecular weight is 565 g/mol. The third-order valence-electron chi connectivity index (χ3n) is 6.10. The fourth-order valence-corrected chi connectivity index (χ4v) is 4.55. The van der Waals surface area contributed by atoms with E-state index in [9.17, 15) is 14.9 Å². The number of aryl methyl sites for hydroxylation is 1. The molecule has 3 N–H and O–H groups in total. The van der Waals surface area contributed by atoms with Gasteiger partial charge < -0.3 is 20.0 Å². The standard InChI is InChI=1S/C27H29BrN6O3/c1-18-14-20-15-22(9-10-24(20)37-18)32-27(31-17-29)33-23-4-2-3-13-34(26(23)36)16-25(35)30-12-11-19-5-7-21(28)8-6-19/h5-10,14-15,23H,2-4,11-13,16H2,1H3,(H,30,35)(H2,31,32,33). The van der Waals surface area contributed by atoms with Gasteiger partial charge in [0.05, 0.1) is 6.54 Å². The van der Waals surface area contributed by atoms with Crippen LogP contribution in [0, 0.1) is 18.4 Å². The maximum Gasteiger partial charge on any atom is 0.247 e. The van der Waals surface area contributed by atoms with Crippen molar-refractivity contribution in [1.29, 1.82) is 5.26 Å². The van der Waals surface area contributed by atoms with Crippen molar-refractivity contribution < 1.29 is 14.0 Å². The molecular weight excluding hydrogens is 536 g/mol. The number of hydrogen-bond acceptors (Lipinski definition) is 5. The van der Waals surface area contributed by atoms with Gasteiger partial charge in [-0.3, -0.25) is 14.9 Å². The molecule has 0 spiro atoms. The number of carbonyl (C=O) groups is 2. The highest BCUT2D eigenvalue weighted by Crippen LogP contribution is 2.23. The highest BCUT2D eigenvalue weighted by atomic mass is 79.9. The molecule has 3 aromatic rings. The Bertz CT molecular complexity index is 1330. The minimum atomic E-state index is -0.693. The van der Waals surface area contributed by atoms with Crippen LogP contribution in [0.25, 0.3) is 11.0 Å². The SMILES string of the molecule is Cc1cc2cc(NC(=NC3CCCCN(CC(=O)NCCc4ccc(Br)cc4)C3=O)NC#N)ccc2o1. The fourth-order valence-electron chi connectivity index (χ4n) is 4.28. The maximum atomic E-state index is 13.3. The number of nitrogens with zero attached hydrogens (tertiary/aromatic N) is 3. The molecule has 2 amide bonds. The molecule has 1 atom stereocenters. The van der Waals surface area contributed by atoms with Gasteiger partial charge in [-0.2, -0.15) is 5.26 Å². The Kier molecular flexibility index (Phi) is 8.80. The first kappa shape index (κ1) is 26.2. The number of furan rings is 1. The maximum absolute atomic E-state index is 13.3. The number of halogens is 1. The van der Waals surface area contributed by atoms with Gasteiger partial charge in [0.2, 0.25) is 17.8 Å². The summed E-state index contributed by atoms with van der Waals surface area (Å²) in [5.74, 6) is 0.562. The second-order valence-electron chi connectivity index (χ2n) is 8.95. The highest BCUT2D eigenvalue weighted by molar-refractivity contribution is 9.10. The number of rotatable bonds is 7. The van der Waals surface area contributed by atoms with E-state index in [2.05, 4.69) is 36.9 Å². The summed E-state index contributed by atoms with van der Waals surface area (Å²) in [5.41, 5.74) is 2.59. The highest BCUT2D eigenvalue weighted by Gasteiger charge is 2.28. The van der Waals surface area contributed by atoms with E-state index < -0.39 is 6.04 Å². The number of amides is 2. The lowest BCUT2D eigenvalue weighted by Crippen LogP contribution is -2.44. The van der Waals surface area contributed by atoms with Crippen molar-refractivity contribution >= 4 is 50.4 Å². The van der Waals surface area contributed by atoms with Crippen LogP contribution in [0.4, 0.5) is 5.69 Å². The van der Waals surface area contributed by atoms with Crippen molar-refractivity contribution in [3.8, 4) is 6.19 Å². The van der Waals surface area contributed by atoms with Gasteiger partial charge in [-0.1, -0.05) is 28.1 Å². The van der Waals surface area contributed by atoms with Crippen molar-refractivity contribution in [2.75, 3.05) is 25.0 Å². The molecule has 0 radical (unpaired) electrons. The largest absolute Gasteiger partial charge is 0.461 e. The summed E-state index contributed by atoms with van der Waals surface area (Å²) in [5, 5.41) is 18.7. The Labute approximate surface area is 224 Å². The Balaban J connectivity index is 1.38. The summed E-state index contributed by atoms with van der Waals surface area (Å²) in [4.78, 5) is 31.9. The molecule has 0 aliphatic carbocycles. The first-order chi connectivity index (χ1) is 17.9. The summed E-state index contributed by atoms with van der Waals surface area (Å²) >= 11 is 3.41. The lowest BCUT2D eigenvalue weighted by Gasteiger charge is -2.22. The van der Waals surface area contributed by atoms with Gasteiger partial charge in [0.25, 0.3) is 0 Å². The van der Waals surface area contributed by atoms with Crippen LogP contribution >= 0.6 is 15.9 Å². The van der Waals surface area contributed by atoms with E-state index in [0.29, 0.717) is 31.6 Å². The number of guanidine groups is 1. The predicted molar refractivity (Wildman–Crippen MR) is 146 cm³/mol. The quantitative estimate of drug-likeness (QED) is 0.172. The van der Waals surface area contributed by atoms with Gasteiger partial charge in [0, 0.05) is 28.6 Å². The van der Waals surface area contributed by atoms with Gasteiger partial charge in [-0.05, 0) is 74.6 Å². The van der Waals surface area contributed by atoms with E-state index in [4.69, 9.17) is 4.42 Å². The molecule has 37 heavy (non-hydrogen) atoms. The number of nitrogens with one attached hydrogen (secondary N) is 3. The van der Waals surface area contributed by atoms with E-state index >= 15 is 0 Å². The summed E-state index contributed by atoms with van der Waals surface area (Å²) in [7, 11) is 0. The number of aliphatic imine (C=N–C) groups is 1. The van der Waals surface area contributed by atoms with Crippen LogP contribution in [-0.4, -0.2) is 48.3 Å². The first-order valence-electron chi connectivity index (χ1n) is 12.2. The number of likely N-dealkylation sites (tertiary alicyclic amines) is 1. The minimum absolute atomic E-state index is 0.0177. The molecule has 1 saturated heterocycles. The van der Waals surface area contributed by atoms with E-state index in [0.717, 1.165) is 39.6 Å². The Hall–Kier alpha value is -3.84. The molecule has 1 unspecified atom stereocenters. The van der Waals surface area contributed by atoms with Crippen LogP contribution in [0.3, 0.4) is 0 Å². The van der Waals surface area contributed by atoms with Gasteiger partial charge in [0.1, 0.15) is 17.4 Å². The molecular formula is C27H29BrN6O3. The fraction of sp³-hybridized carbons (Fsp3) is 0.333. The Morgan fingerprint density at radius 2 is 2.03 bits per heavy atom. The molecule has 9 nitrogen and oxygen atoms in total. The van der Waals surface area contributed by atoms with Crippen molar-refractivity contribution in [3.63, 3.8) is 0 Å². The van der Waals surface area contributed by atoms with Gasteiger partial charge in [-0.15, -0.1) is 0 Å². The zero-order valence-corrected chi connectivity index (χ0v) is 22.2. The Morgan fingerprint density at radius 3 is 2.81 bits per heavy atom. The first-order valence-corrected chi connectivity index (χ1v) is 13.0. The molecule has 1 aliphatic heterocycles. The van der Waals surface area contributed by atoms with Gasteiger partial charge in [0.15, 0.2) is 6.19 Å². The van der Waals surface area contributed by atoms with Crippen LogP contribution in [0.5, 0.6) is 0 Å². The van der Waals surface area contributed by atoms with E-state index in [-0.39, 0.29) is 24.3 Å². The van der Waals surface area contributed by atoms with E-state index in [1.54, 1.807) is 4.90 Å². The van der Waals surface area contributed by atoms with Crippen LogP contribution in [-0.2, 0) is 16.0 Å². The zero-order chi connectivity index (χ0) is 26.2. The van der Waals surface area contributed by atoms with Crippen molar-refractivity contribution in [1.82, 2.24) is 15.5 Å². The summed E-state index contributed by atoms with van der Waals surface area (Å²) in [6, 6.07) is 14.7. The van der Waals surface area contributed by atoms with Crippen molar-refractivity contribution in [2.24, 2.45) is 4.99 Å². The molecule has 10 heteroatoms. The van der Waals surface area contributed by atoms with Crippen LogP contribution in [0.15, 0.2) is 62.4 Å².